The monoisotopic (exact) mass is 380 g/mol. The zero-order valence-corrected chi connectivity index (χ0v) is 15.0. The molecule has 0 unspecified atom stereocenters. The number of anilines is 1. The Bertz CT molecular complexity index is 1000. The van der Waals surface area contributed by atoms with Crippen LogP contribution in [0.2, 0.25) is 0 Å². The molecule has 0 aliphatic carbocycles. The molecular weight excluding hydrogens is 364 g/mol. The summed E-state index contributed by atoms with van der Waals surface area (Å²) in [5.74, 6) is 0.111. The first-order valence-electron chi connectivity index (χ1n) is 8.30. The van der Waals surface area contributed by atoms with Gasteiger partial charge in [-0.15, -0.1) is 11.3 Å². The van der Waals surface area contributed by atoms with Gasteiger partial charge < -0.3 is 20.5 Å². The van der Waals surface area contributed by atoms with Gasteiger partial charge in [0.2, 0.25) is 6.10 Å². The zero-order valence-electron chi connectivity index (χ0n) is 14.2. The van der Waals surface area contributed by atoms with Crippen molar-refractivity contribution in [3.05, 3.63) is 66.2 Å². The number of carbonyl (C=O) groups is 2. The summed E-state index contributed by atoms with van der Waals surface area (Å²) in [6, 6.07) is 18.4. The van der Waals surface area contributed by atoms with Crippen molar-refractivity contribution in [3.8, 4) is 21.9 Å². The summed E-state index contributed by atoms with van der Waals surface area (Å²) >= 11 is 1.29. The molecule has 27 heavy (non-hydrogen) atoms. The average molecular weight is 380 g/mol. The number of ether oxygens (including phenoxy) is 2. The highest BCUT2D eigenvalue weighted by Crippen LogP contribution is 2.36. The van der Waals surface area contributed by atoms with E-state index in [0.717, 1.165) is 10.4 Å². The van der Waals surface area contributed by atoms with Gasteiger partial charge in [-0.1, -0.05) is 42.5 Å². The molecule has 1 atom stereocenters. The van der Waals surface area contributed by atoms with Crippen LogP contribution in [-0.4, -0.2) is 24.5 Å². The van der Waals surface area contributed by atoms with Gasteiger partial charge in [0.15, 0.2) is 11.5 Å². The SMILES string of the molecule is NC(=O)c1cc(-c2ccccc2)sc1NC(=O)[C@H]1COc2ccccc2O1. The van der Waals surface area contributed by atoms with E-state index in [2.05, 4.69) is 5.32 Å². The summed E-state index contributed by atoms with van der Waals surface area (Å²) in [5.41, 5.74) is 6.69. The number of carbonyl (C=O) groups excluding carboxylic acids is 2. The standard InChI is InChI=1S/C20H16N2O4S/c21-18(23)13-10-17(12-6-2-1-3-7-12)27-20(13)22-19(24)16-11-25-14-8-4-5-9-15(14)26-16/h1-10,16H,11H2,(H2,21,23)(H,22,24)/t16-/m1/s1. The Morgan fingerprint density at radius 3 is 2.48 bits per heavy atom. The van der Waals surface area contributed by atoms with Gasteiger partial charge in [-0.05, 0) is 23.8 Å². The van der Waals surface area contributed by atoms with Crippen molar-refractivity contribution >= 4 is 28.2 Å². The average Bonchev–Trinajstić information content (AvgIpc) is 3.12. The number of amides is 2. The Morgan fingerprint density at radius 1 is 1.04 bits per heavy atom. The highest BCUT2D eigenvalue weighted by atomic mass is 32.1. The zero-order chi connectivity index (χ0) is 18.8. The van der Waals surface area contributed by atoms with Crippen LogP contribution in [0.15, 0.2) is 60.7 Å². The van der Waals surface area contributed by atoms with E-state index in [1.54, 1.807) is 24.3 Å². The third-order valence-electron chi connectivity index (χ3n) is 4.09. The minimum atomic E-state index is -0.817. The van der Waals surface area contributed by atoms with Gasteiger partial charge in [0.1, 0.15) is 11.6 Å². The lowest BCUT2D eigenvalue weighted by molar-refractivity contribution is -0.125. The van der Waals surface area contributed by atoms with E-state index in [1.807, 2.05) is 36.4 Å². The van der Waals surface area contributed by atoms with E-state index >= 15 is 0 Å². The van der Waals surface area contributed by atoms with E-state index in [4.69, 9.17) is 15.2 Å². The molecule has 2 amide bonds. The van der Waals surface area contributed by atoms with Crippen LogP contribution in [0.4, 0.5) is 5.00 Å². The van der Waals surface area contributed by atoms with Crippen LogP contribution in [-0.2, 0) is 4.79 Å². The van der Waals surface area contributed by atoms with Crippen LogP contribution in [0.25, 0.3) is 10.4 Å². The van der Waals surface area contributed by atoms with Crippen LogP contribution in [0.5, 0.6) is 11.5 Å². The van der Waals surface area contributed by atoms with E-state index < -0.39 is 17.9 Å². The summed E-state index contributed by atoms with van der Waals surface area (Å²) in [7, 11) is 0. The largest absolute Gasteiger partial charge is 0.485 e. The smallest absolute Gasteiger partial charge is 0.269 e. The van der Waals surface area contributed by atoms with Crippen LogP contribution in [0.3, 0.4) is 0 Å². The summed E-state index contributed by atoms with van der Waals surface area (Å²) < 4.78 is 11.3. The second-order valence-electron chi connectivity index (χ2n) is 5.94. The Morgan fingerprint density at radius 2 is 1.74 bits per heavy atom. The molecule has 0 spiro atoms. The minimum absolute atomic E-state index is 0.0890. The van der Waals surface area contributed by atoms with Gasteiger partial charge in [-0.25, -0.2) is 0 Å². The molecule has 7 heteroatoms. The lowest BCUT2D eigenvalue weighted by Gasteiger charge is -2.25. The molecule has 1 aliphatic heterocycles. The van der Waals surface area contributed by atoms with Gasteiger partial charge in [0, 0.05) is 4.88 Å². The van der Waals surface area contributed by atoms with Crippen molar-refractivity contribution in [3.63, 3.8) is 0 Å². The summed E-state index contributed by atoms with van der Waals surface area (Å²) in [4.78, 5) is 25.3. The predicted octanol–water partition coefficient (Wildman–Crippen LogP) is 3.29. The van der Waals surface area contributed by atoms with Crippen LogP contribution in [0.1, 0.15) is 10.4 Å². The van der Waals surface area contributed by atoms with Crippen LogP contribution >= 0.6 is 11.3 Å². The van der Waals surface area contributed by atoms with Crippen molar-refractivity contribution < 1.29 is 19.1 Å². The molecule has 3 N–H and O–H groups in total. The molecule has 1 aliphatic rings. The first kappa shape index (κ1) is 17.1. The number of hydrogen-bond acceptors (Lipinski definition) is 5. The number of nitrogens with two attached hydrogens (primary N) is 1. The highest BCUT2D eigenvalue weighted by Gasteiger charge is 2.28. The van der Waals surface area contributed by atoms with Crippen molar-refractivity contribution in [2.75, 3.05) is 11.9 Å². The highest BCUT2D eigenvalue weighted by molar-refractivity contribution is 7.20. The molecule has 0 fully saturated rings. The fraction of sp³-hybridized carbons (Fsp3) is 0.100. The number of primary amides is 1. The maximum absolute atomic E-state index is 12.6. The molecular formula is C20H16N2O4S. The molecule has 0 radical (unpaired) electrons. The number of hydrogen-bond donors (Lipinski definition) is 2. The van der Waals surface area contributed by atoms with Crippen molar-refractivity contribution in [2.24, 2.45) is 5.73 Å². The first-order valence-corrected chi connectivity index (χ1v) is 9.12. The molecule has 3 aromatic rings. The number of benzene rings is 2. The van der Waals surface area contributed by atoms with Crippen molar-refractivity contribution in [1.29, 1.82) is 0 Å². The Labute approximate surface area is 159 Å². The Kier molecular flexibility index (Phi) is 4.52. The molecule has 2 heterocycles. The number of fused-ring (bicyclic) bond motifs is 1. The summed E-state index contributed by atoms with van der Waals surface area (Å²) in [6.45, 7) is 0.0890. The van der Waals surface area contributed by atoms with Gasteiger partial charge in [-0.2, -0.15) is 0 Å². The molecule has 0 bridgehead atoms. The second-order valence-corrected chi connectivity index (χ2v) is 6.99. The Balaban J connectivity index is 1.56. The summed E-state index contributed by atoms with van der Waals surface area (Å²) in [6.07, 6.45) is -0.817. The lowest BCUT2D eigenvalue weighted by atomic mass is 10.1. The third-order valence-corrected chi connectivity index (χ3v) is 5.19. The van der Waals surface area contributed by atoms with Crippen LogP contribution in [0, 0.1) is 0 Å². The molecule has 0 saturated heterocycles. The van der Waals surface area contributed by atoms with Gasteiger partial charge in [0.25, 0.3) is 11.8 Å². The van der Waals surface area contributed by atoms with Gasteiger partial charge in [0.05, 0.1) is 5.56 Å². The minimum Gasteiger partial charge on any atom is -0.485 e. The maximum Gasteiger partial charge on any atom is 0.269 e. The second kappa shape index (κ2) is 7.13. The molecule has 2 aromatic carbocycles. The van der Waals surface area contributed by atoms with Gasteiger partial charge >= 0.3 is 0 Å². The first-order chi connectivity index (χ1) is 13.1. The van der Waals surface area contributed by atoms with Crippen molar-refractivity contribution in [2.45, 2.75) is 6.10 Å². The lowest BCUT2D eigenvalue weighted by Crippen LogP contribution is -2.40. The van der Waals surface area contributed by atoms with E-state index in [0.29, 0.717) is 16.5 Å². The third kappa shape index (κ3) is 3.50. The van der Waals surface area contributed by atoms with E-state index in [1.165, 1.54) is 11.3 Å². The predicted molar refractivity (Wildman–Crippen MR) is 103 cm³/mol. The van der Waals surface area contributed by atoms with Gasteiger partial charge in [-0.3, -0.25) is 9.59 Å². The fourth-order valence-electron chi connectivity index (χ4n) is 2.75. The van der Waals surface area contributed by atoms with Crippen molar-refractivity contribution in [1.82, 2.24) is 0 Å². The van der Waals surface area contributed by atoms with Crippen LogP contribution < -0.4 is 20.5 Å². The molecule has 0 saturated carbocycles. The summed E-state index contributed by atoms with van der Waals surface area (Å²) in [5, 5.41) is 3.15. The number of nitrogens with one attached hydrogen (secondary N) is 1. The normalized spacial score (nSPS) is 15.2. The fourth-order valence-corrected chi connectivity index (χ4v) is 3.82. The van der Waals surface area contributed by atoms with E-state index in [-0.39, 0.29) is 12.2 Å². The molecule has 4 rings (SSSR count). The topological polar surface area (TPSA) is 90.7 Å². The molecule has 6 nitrogen and oxygen atoms in total. The number of thiophene rings is 1. The number of para-hydroxylation sites is 2. The van der Waals surface area contributed by atoms with E-state index in [9.17, 15) is 9.59 Å². The maximum atomic E-state index is 12.6. The Hall–Kier alpha value is -3.32. The quantitative estimate of drug-likeness (QED) is 0.727. The number of rotatable bonds is 4. The molecule has 1 aromatic heterocycles. The molecule has 136 valence electrons.